The second-order valence-corrected chi connectivity index (χ2v) is 7.46. The normalized spacial score (nSPS) is 44.3. The second-order valence-electron chi connectivity index (χ2n) is 7.46. The third-order valence-corrected chi connectivity index (χ3v) is 6.18. The number of carbonyl (C=O) groups is 2. The van der Waals surface area contributed by atoms with E-state index in [1.54, 1.807) is 0 Å². The van der Waals surface area contributed by atoms with Crippen molar-refractivity contribution in [1.82, 2.24) is 10.2 Å². The molecule has 5 unspecified atom stereocenters. The van der Waals surface area contributed by atoms with Gasteiger partial charge in [-0.05, 0) is 50.9 Å². The first-order valence-corrected chi connectivity index (χ1v) is 8.42. The predicted molar refractivity (Wildman–Crippen MR) is 76.7 cm³/mol. The fourth-order valence-corrected chi connectivity index (χ4v) is 5.34. The Hall–Kier alpha value is -1.10. The van der Waals surface area contributed by atoms with Gasteiger partial charge in [-0.25, -0.2) is 0 Å². The van der Waals surface area contributed by atoms with Gasteiger partial charge >= 0.3 is 5.97 Å². The lowest BCUT2D eigenvalue weighted by atomic mass is 9.89. The summed E-state index contributed by atoms with van der Waals surface area (Å²) in [5, 5.41) is 12.9. The summed E-state index contributed by atoms with van der Waals surface area (Å²) in [5.74, 6) is -0.325. The number of carbonyl (C=O) groups excluding carboxylic acids is 1. The van der Waals surface area contributed by atoms with Gasteiger partial charge in [0.25, 0.3) is 0 Å². The molecule has 0 radical (unpaired) electrons. The lowest BCUT2D eigenvalue weighted by Crippen LogP contribution is -2.42. The summed E-state index contributed by atoms with van der Waals surface area (Å²) in [5.41, 5.74) is 0. The number of carboxylic acids is 1. The Kier molecular flexibility index (Phi) is 3.21. The summed E-state index contributed by atoms with van der Waals surface area (Å²) in [6.07, 6.45) is 7.93. The van der Waals surface area contributed by atoms with Gasteiger partial charge in [-0.15, -0.1) is 0 Å². The molecular formula is C16H24N2O3. The minimum atomic E-state index is -0.722. The smallest absolute Gasteiger partial charge is 0.308 e. The van der Waals surface area contributed by atoms with Crippen molar-refractivity contribution in [3.05, 3.63) is 0 Å². The monoisotopic (exact) mass is 292 g/mol. The van der Waals surface area contributed by atoms with Crippen LogP contribution in [0.4, 0.5) is 0 Å². The van der Waals surface area contributed by atoms with E-state index < -0.39 is 5.97 Å². The molecule has 4 aliphatic rings. The Balaban J connectivity index is 1.40. The number of piperidine rings is 1. The number of aliphatic carboxylic acids is 1. The van der Waals surface area contributed by atoms with Crippen molar-refractivity contribution < 1.29 is 14.7 Å². The first-order chi connectivity index (χ1) is 10.1. The van der Waals surface area contributed by atoms with E-state index in [-0.39, 0.29) is 23.9 Å². The van der Waals surface area contributed by atoms with Crippen molar-refractivity contribution in [3.8, 4) is 0 Å². The van der Waals surface area contributed by atoms with E-state index in [4.69, 9.17) is 0 Å². The summed E-state index contributed by atoms with van der Waals surface area (Å²) < 4.78 is 0. The lowest BCUT2D eigenvalue weighted by molar-refractivity contribution is -0.143. The van der Waals surface area contributed by atoms with Gasteiger partial charge < -0.3 is 15.3 Å². The molecule has 4 rings (SSSR count). The highest BCUT2D eigenvalue weighted by Gasteiger charge is 2.51. The second kappa shape index (κ2) is 4.97. The van der Waals surface area contributed by atoms with Crippen LogP contribution in [0.15, 0.2) is 0 Å². The van der Waals surface area contributed by atoms with E-state index in [2.05, 4.69) is 5.32 Å². The molecule has 5 atom stereocenters. The molecule has 4 heterocycles. The van der Waals surface area contributed by atoms with Crippen molar-refractivity contribution in [2.24, 2.45) is 11.8 Å². The number of nitrogens with zero attached hydrogens (tertiary/aromatic N) is 1. The number of amides is 1. The van der Waals surface area contributed by atoms with Crippen LogP contribution in [0.5, 0.6) is 0 Å². The van der Waals surface area contributed by atoms with E-state index in [1.165, 1.54) is 12.8 Å². The maximum atomic E-state index is 12.7. The van der Waals surface area contributed by atoms with Crippen LogP contribution in [-0.2, 0) is 9.59 Å². The lowest BCUT2D eigenvalue weighted by Gasteiger charge is -2.31. The predicted octanol–water partition coefficient (Wildman–Crippen LogP) is 1.37. The largest absolute Gasteiger partial charge is 0.481 e. The van der Waals surface area contributed by atoms with Crippen LogP contribution in [0, 0.1) is 11.8 Å². The van der Waals surface area contributed by atoms with Gasteiger partial charge in [-0.2, -0.15) is 0 Å². The number of hydrogen-bond acceptors (Lipinski definition) is 3. The van der Waals surface area contributed by atoms with E-state index in [0.717, 1.165) is 25.7 Å². The molecule has 0 saturated carbocycles. The van der Waals surface area contributed by atoms with Gasteiger partial charge in [-0.1, -0.05) is 0 Å². The number of fused-ring (bicyclic) bond motifs is 4. The molecule has 0 aromatic heterocycles. The summed E-state index contributed by atoms with van der Waals surface area (Å²) in [6.45, 7) is 0. The van der Waals surface area contributed by atoms with Crippen LogP contribution in [0.25, 0.3) is 0 Å². The number of nitrogens with one attached hydrogen (secondary N) is 1. The van der Waals surface area contributed by atoms with Crippen LogP contribution >= 0.6 is 0 Å². The van der Waals surface area contributed by atoms with Crippen LogP contribution in [0.2, 0.25) is 0 Å². The third-order valence-electron chi connectivity index (χ3n) is 6.18. The Bertz CT molecular complexity index is 454. The standard InChI is InChI=1S/C16H24N2O3/c19-15(7-9-5-10-1-2-11(6-9)17-10)18-12-3-4-14(18)13(8-12)16(20)21/h9-14,17H,1-8H2,(H,20,21). The van der Waals surface area contributed by atoms with E-state index in [0.29, 0.717) is 30.8 Å². The number of hydrogen-bond donors (Lipinski definition) is 2. The molecule has 5 nitrogen and oxygen atoms in total. The Morgan fingerprint density at radius 3 is 2.38 bits per heavy atom. The van der Waals surface area contributed by atoms with Crippen LogP contribution < -0.4 is 5.32 Å². The average molecular weight is 292 g/mol. The molecule has 2 N–H and O–H groups in total. The van der Waals surface area contributed by atoms with E-state index in [9.17, 15) is 14.7 Å². The highest BCUT2D eigenvalue weighted by atomic mass is 16.4. The van der Waals surface area contributed by atoms with E-state index in [1.807, 2.05) is 4.90 Å². The minimum Gasteiger partial charge on any atom is -0.481 e. The molecule has 21 heavy (non-hydrogen) atoms. The highest BCUT2D eigenvalue weighted by Crippen LogP contribution is 2.43. The molecule has 4 aliphatic heterocycles. The van der Waals surface area contributed by atoms with Gasteiger partial charge in [0.1, 0.15) is 0 Å². The molecule has 0 aromatic carbocycles. The first-order valence-electron chi connectivity index (χ1n) is 8.42. The molecule has 5 heteroatoms. The van der Waals surface area contributed by atoms with Crippen LogP contribution in [-0.4, -0.2) is 46.1 Å². The zero-order valence-corrected chi connectivity index (χ0v) is 12.3. The molecule has 1 amide bonds. The molecular weight excluding hydrogens is 268 g/mol. The van der Waals surface area contributed by atoms with Crippen molar-refractivity contribution in [2.45, 2.75) is 75.5 Å². The van der Waals surface area contributed by atoms with Gasteiger partial charge in [0.2, 0.25) is 5.91 Å². The zero-order chi connectivity index (χ0) is 14.6. The topological polar surface area (TPSA) is 69.6 Å². The zero-order valence-electron chi connectivity index (χ0n) is 12.3. The molecule has 4 saturated heterocycles. The fourth-order valence-electron chi connectivity index (χ4n) is 5.34. The summed E-state index contributed by atoms with van der Waals surface area (Å²) in [7, 11) is 0. The summed E-state index contributed by atoms with van der Waals surface area (Å²) >= 11 is 0. The van der Waals surface area contributed by atoms with E-state index >= 15 is 0 Å². The summed E-state index contributed by atoms with van der Waals surface area (Å²) in [4.78, 5) is 25.9. The van der Waals surface area contributed by atoms with Crippen molar-refractivity contribution >= 4 is 11.9 Å². The van der Waals surface area contributed by atoms with Gasteiger partial charge in [0.15, 0.2) is 0 Å². The highest BCUT2D eigenvalue weighted by molar-refractivity contribution is 5.80. The van der Waals surface area contributed by atoms with Crippen molar-refractivity contribution in [3.63, 3.8) is 0 Å². The quantitative estimate of drug-likeness (QED) is 0.824. The Morgan fingerprint density at radius 1 is 1.05 bits per heavy atom. The Labute approximate surface area is 125 Å². The molecule has 0 aromatic rings. The van der Waals surface area contributed by atoms with Crippen molar-refractivity contribution in [1.29, 1.82) is 0 Å². The summed E-state index contributed by atoms with van der Waals surface area (Å²) in [6, 6.07) is 1.40. The van der Waals surface area contributed by atoms with Gasteiger partial charge in [0, 0.05) is 30.6 Å². The maximum Gasteiger partial charge on any atom is 0.308 e. The van der Waals surface area contributed by atoms with Gasteiger partial charge in [0.05, 0.1) is 5.92 Å². The average Bonchev–Trinajstić information content (AvgIpc) is 3.11. The number of rotatable bonds is 3. The molecule has 4 fully saturated rings. The third kappa shape index (κ3) is 2.26. The Morgan fingerprint density at radius 2 is 1.76 bits per heavy atom. The minimum absolute atomic E-state index is 0.0292. The van der Waals surface area contributed by atoms with Crippen molar-refractivity contribution in [2.75, 3.05) is 0 Å². The molecule has 0 spiro atoms. The fraction of sp³-hybridized carbons (Fsp3) is 0.875. The van der Waals surface area contributed by atoms with Crippen LogP contribution in [0.1, 0.15) is 51.4 Å². The first kappa shape index (κ1) is 13.6. The maximum absolute atomic E-state index is 12.7. The molecule has 116 valence electrons. The van der Waals surface area contributed by atoms with Crippen LogP contribution in [0.3, 0.4) is 0 Å². The number of carboxylic acid groups (broad SMARTS) is 1. The molecule has 0 aliphatic carbocycles. The van der Waals surface area contributed by atoms with Gasteiger partial charge in [-0.3, -0.25) is 9.59 Å². The molecule has 4 bridgehead atoms. The SMILES string of the molecule is O=C(O)C1CC2CCC1N2C(=O)CC1CC2CCC(C1)N2.